The van der Waals surface area contributed by atoms with E-state index in [1.54, 1.807) is 18.3 Å². The summed E-state index contributed by atoms with van der Waals surface area (Å²) in [6, 6.07) is 4.00. The fourth-order valence-corrected chi connectivity index (χ4v) is 4.24. The summed E-state index contributed by atoms with van der Waals surface area (Å²) in [5, 5.41) is 14.5. The maximum Gasteiger partial charge on any atom is 0.273 e. The molecule has 1 aliphatic heterocycles. The van der Waals surface area contributed by atoms with Crippen molar-refractivity contribution in [2.24, 2.45) is 5.92 Å². The van der Waals surface area contributed by atoms with Crippen LogP contribution in [0.5, 0.6) is 0 Å². The van der Waals surface area contributed by atoms with Crippen molar-refractivity contribution in [2.45, 2.75) is 25.9 Å². The summed E-state index contributed by atoms with van der Waals surface area (Å²) in [4.78, 5) is 19.9. The topological polar surface area (TPSA) is 53.4 Å². The predicted octanol–water partition coefficient (Wildman–Crippen LogP) is 3.10. The molecule has 6 heteroatoms. The normalized spacial score (nSPS) is 20.5. The summed E-state index contributed by atoms with van der Waals surface area (Å²) < 4.78 is 0. The Morgan fingerprint density at radius 2 is 2.38 bits per heavy atom. The average molecular weight is 322 g/mol. The number of likely N-dealkylation sites (tertiary alicyclic amines) is 1. The molecule has 2 aromatic rings. The van der Waals surface area contributed by atoms with Gasteiger partial charge >= 0.3 is 0 Å². The number of carbonyl (C=O) groups is 1. The lowest BCUT2D eigenvalue weighted by Crippen LogP contribution is -2.43. The molecule has 0 aliphatic carbocycles. The van der Waals surface area contributed by atoms with E-state index >= 15 is 0 Å². The lowest BCUT2D eigenvalue weighted by molar-refractivity contribution is 0.0462. The van der Waals surface area contributed by atoms with Crippen LogP contribution in [0.3, 0.4) is 0 Å². The smallest absolute Gasteiger partial charge is 0.273 e. The van der Waals surface area contributed by atoms with Gasteiger partial charge in [0, 0.05) is 24.4 Å². The minimum atomic E-state index is -0.363. The van der Waals surface area contributed by atoms with E-state index in [4.69, 9.17) is 0 Å². The van der Waals surface area contributed by atoms with Crippen LogP contribution in [0.2, 0.25) is 0 Å². The number of carbonyl (C=O) groups excluding carboxylic acids is 1. The number of rotatable bonds is 3. The molecule has 3 rings (SSSR count). The third-order valence-electron chi connectivity index (χ3n) is 3.88. The molecule has 0 aromatic carbocycles. The van der Waals surface area contributed by atoms with Gasteiger partial charge < -0.3 is 10.0 Å². The second-order valence-electron chi connectivity index (χ2n) is 5.41. The summed E-state index contributed by atoms with van der Waals surface area (Å²) in [6.07, 6.45) is 1.57. The molecule has 1 aliphatic rings. The number of piperidine rings is 1. The summed E-state index contributed by atoms with van der Waals surface area (Å²) in [7, 11) is 0. The van der Waals surface area contributed by atoms with Gasteiger partial charge in [-0.15, -0.1) is 22.7 Å². The minimum Gasteiger partial charge on any atom is -0.393 e. The number of nitrogens with zero attached hydrogens (tertiary/aromatic N) is 2. The molecule has 1 saturated heterocycles. The number of amides is 1. The number of thiophene rings is 1. The third-order valence-corrected chi connectivity index (χ3v) is 5.76. The Hall–Kier alpha value is -1.24. The van der Waals surface area contributed by atoms with Gasteiger partial charge in [-0.3, -0.25) is 4.79 Å². The number of aliphatic hydroxyl groups excluding tert-OH is 1. The second kappa shape index (κ2) is 6.25. The van der Waals surface area contributed by atoms with E-state index in [-0.39, 0.29) is 17.9 Å². The molecular weight excluding hydrogens is 304 g/mol. The molecule has 4 nitrogen and oxygen atoms in total. The van der Waals surface area contributed by atoms with Crippen molar-refractivity contribution in [2.75, 3.05) is 13.1 Å². The first-order chi connectivity index (χ1) is 10.1. The Labute approximate surface area is 132 Å². The van der Waals surface area contributed by atoms with E-state index in [0.717, 1.165) is 29.3 Å². The van der Waals surface area contributed by atoms with Crippen LogP contribution in [0, 0.1) is 5.92 Å². The van der Waals surface area contributed by atoms with Gasteiger partial charge in [0.2, 0.25) is 0 Å². The molecule has 0 bridgehead atoms. The minimum absolute atomic E-state index is 0.0144. The van der Waals surface area contributed by atoms with Crippen LogP contribution in [0.1, 0.15) is 30.3 Å². The van der Waals surface area contributed by atoms with Crippen LogP contribution in [0.4, 0.5) is 0 Å². The van der Waals surface area contributed by atoms with Crippen molar-refractivity contribution >= 4 is 28.6 Å². The first kappa shape index (κ1) is 14.7. The predicted molar refractivity (Wildman–Crippen MR) is 85.7 cm³/mol. The van der Waals surface area contributed by atoms with Gasteiger partial charge in [0.15, 0.2) is 0 Å². The zero-order valence-corrected chi connectivity index (χ0v) is 13.5. The molecule has 21 heavy (non-hydrogen) atoms. The third kappa shape index (κ3) is 3.17. The van der Waals surface area contributed by atoms with E-state index in [2.05, 4.69) is 4.98 Å². The molecule has 1 amide bonds. The zero-order valence-electron chi connectivity index (χ0n) is 11.9. The van der Waals surface area contributed by atoms with Crippen molar-refractivity contribution in [1.82, 2.24) is 9.88 Å². The van der Waals surface area contributed by atoms with Crippen LogP contribution >= 0.6 is 22.7 Å². The van der Waals surface area contributed by atoms with Crippen LogP contribution in [-0.2, 0) is 0 Å². The van der Waals surface area contributed by atoms with Gasteiger partial charge in [0.1, 0.15) is 10.7 Å². The summed E-state index contributed by atoms with van der Waals surface area (Å²) in [6.45, 7) is 3.19. The largest absolute Gasteiger partial charge is 0.393 e. The monoisotopic (exact) mass is 322 g/mol. The molecule has 2 unspecified atom stereocenters. The van der Waals surface area contributed by atoms with Crippen LogP contribution in [0.15, 0.2) is 22.9 Å². The number of aromatic nitrogens is 1. The summed E-state index contributed by atoms with van der Waals surface area (Å²) >= 11 is 3.14. The van der Waals surface area contributed by atoms with E-state index < -0.39 is 0 Å². The number of thiazole rings is 1. The second-order valence-corrected chi connectivity index (χ2v) is 7.22. The standard InChI is InChI=1S/C15H18N2O2S2/c1-10(18)11-4-2-6-17(8-11)15(19)12-9-21-14(16-12)13-5-3-7-20-13/h3,5,7,9-11,18H,2,4,6,8H2,1H3. The lowest BCUT2D eigenvalue weighted by atomic mass is 9.93. The summed E-state index contributed by atoms with van der Waals surface area (Å²) in [5.74, 6) is 0.164. The van der Waals surface area contributed by atoms with Crippen LogP contribution < -0.4 is 0 Å². The highest BCUT2D eigenvalue weighted by atomic mass is 32.1. The highest BCUT2D eigenvalue weighted by Gasteiger charge is 2.28. The van der Waals surface area contributed by atoms with Crippen LogP contribution in [0.25, 0.3) is 9.88 Å². The van der Waals surface area contributed by atoms with E-state index in [1.165, 1.54) is 11.3 Å². The summed E-state index contributed by atoms with van der Waals surface area (Å²) in [5.41, 5.74) is 0.523. The van der Waals surface area contributed by atoms with E-state index in [1.807, 2.05) is 27.8 Å². The maximum absolute atomic E-state index is 12.5. The van der Waals surface area contributed by atoms with Gasteiger partial charge in [0.25, 0.3) is 5.91 Å². The maximum atomic E-state index is 12.5. The highest BCUT2D eigenvalue weighted by Crippen LogP contribution is 2.29. The molecule has 2 aromatic heterocycles. The van der Waals surface area contributed by atoms with Gasteiger partial charge in [-0.2, -0.15) is 0 Å². The molecule has 0 spiro atoms. The quantitative estimate of drug-likeness (QED) is 0.944. The van der Waals surface area contributed by atoms with Crippen molar-refractivity contribution in [3.8, 4) is 9.88 Å². The van der Waals surface area contributed by atoms with Crippen LogP contribution in [-0.4, -0.2) is 40.1 Å². The van der Waals surface area contributed by atoms with E-state index in [0.29, 0.717) is 12.2 Å². The van der Waals surface area contributed by atoms with Gasteiger partial charge in [-0.25, -0.2) is 4.98 Å². The molecule has 3 heterocycles. The Morgan fingerprint density at radius 1 is 1.52 bits per heavy atom. The zero-order chi connectivity index (χ0) is 14.8. The first-order valence-corrected chi connectivity index (χ1v) is 8.88. The van der Waals surface area contributed by atoms with Crippen molar-refractivity contribution in [3.63, 3.8) is 0 Å². The molecule has 0 saturated carbocycles. The molecule has 1 N–H and O–H groups in total. The molecular formula is C15H18N2O2S2. The molecule has 2 atom stereocenters. The fourth-order valence-electron chi connectivity index (χ4n) is 2.64. The SMILES string of the molecule is CC(O)C1CCCN(C(=O)c2csc(-c3cccs3)n2)C1. The number of hydrogen-bond acceptors (Lipinski definition) is 5. The molecule has 1 fully saturated rings. The van der Waals surface area contributed by atoms with Crippen molar-refractivity contribution in [3.05, 3.63) is 28.6 Å². The number of hydrogen-bond donors (Lipinski definition) is 1. The fraction of sp³-hybridized carbons (Fsp3) is 0.467. The lowest BCUT2D eigenvalue weighted by Gasteiger charge is -2.33. The first-order valence-electron chi connectivity index (χ1n) is 7.12. The Kier molecular flexibility index (Phi) is 4.37. The Morgan fingerprint density at radius 3 is 3.10 bits per heavy atom. The highest BCUT2D eigenvalue weighted by molar-refractivity contribution is 7.20. The Bertz CT molecular complexity index is 607. The van der Waals surface area contributed by atoms with Gasteiger partial charge in [0.05, 0.1) is 11.0 Å². The number of aliphatic hydroxyl groups is 1. The average Bonchev–Trinajstić information content (AvgIpc) is 3.17. The van der Waals surface area contributed by atoms with Gasteiger partial charge in [-0.1, -0.05) is 6.07 Å². The molecule has 112 valence electrons. The van der Waals surface area contributed by atoms with Gasteiger partial charge in [-0.05, 0) is 31.2 Å². The van der Waals surface area contributed by atoms with Crippen molar-refractivity contribution in [1.29, 1.82) is 0 Å². The molecule has 0 radical (unpaired) electrons. The van der Waals surface area contributed by atoms with E-state index in [9.17, 15) is 9.90 Å². The van der Waals surface area contributed by atoms with Crippen molar-refractivity contribution < 1.29 is 9.90 Å². The Balaban J connectivity index is 1.73.